The lowest BCUT2D eigenvalue weighted by molar-refractivity contribution is 0.0938. The number of benzene rings is 2. The van der Waals surface area contributed by atoms with Crippen LogP contribution in [-0.2, 0) is 10.0 Å². The first-order valence-corrected chi connectivity index (χ1v) is 7.96. The zero-order valence-electron chi connectivity index (χ0n) is 11.8. The summed E-state index contributed by atoms with van der Waals surface area (Å²) < 4.78 is 22.2. The van der Waals surface area contributed by atoms with Crippen molar-refractivity contribution in [1.29, 1.82) is 0 Å². The van der Waals surface area contributed by atoms with Crippen molar-refractivity contribution in [3.05, 3.63) is 60.2 Å². The van der Waals surface area contributed by atoms with Crippen LogP contribution in [0.5, 0.6) is 0 Å². The Hall–Kier alpha value is -2.91. The van der Waals surface area contributed by atoms with E-state index in [2.05, 4.69) is 16.2 Å². The lowest BCUT2D eigenvalue weighted by atomic mass is 10.2. The fourth-order valence-corrected chi connectivity index (χ4v) is 2.18. The van der Waals surface area contributed by atoms with Crippen LogP contribution in [0.4, 0.5) is 10.5 Å². The highest BCUT2D eigenvalue weighted by Crippen LogP contribution is 2.12. The van der Waals surface area contributed by atoms with Gasteiger partial charge < -0.3 is 5.32 Å². The van der Waals surface area contributed by atoms with Crippen molar-refractivity contribution < 1.29 is 18.0 Å². The summed E-state index contributed by atoms with van der Waals surface area (Å²) in [6, 6.07) is 12.9. The van der Waals surface area contributed by atoms with Gasteiger partial charge in [0.1, 0.15) is 0 Å². The number of carbonyl (C=O) groups excluding carboxylic acids is 2. The maximum absolute atomic E-state index is 11.7. The molecule has 0 aliphatic rings. The summed E-state index contributed by atoms with van der Waals surface area (Å²) in [7, 11) is -3.79. The first-order chi connectivity index (χ1) is 10.9. The fourth-order valence-electron chi connectivity index (χ4n) is 1.67. The molecule has 2 aromatic rings. The highest BCUT2D eigenvalue weighted by Gasteiger charge is 2.09. The Labute approximate surface area is 132 Å². The number of hydrogen-bond acceptors (Lipinski definition) is 4. The molecule has 2 rings (SSSR count). The van der Waals surface area contributed by atoms with Gasteiger partial charge >= 0.3 is 6.03 Å². The third kappa shape index (κ3) is 4.80. The second kappa shape index (κ2) is 6.90. The summed E-state index contributed by atoms with van der Waals surface area (Å²) in [6.07, 6.45) is 0. The monoisotopic (exact) mass is 334 g/mol. The molecule has 0 aliphatic carbocycles. The Morgan fingerprint density at radius 2 is 1.48 bits per heavy atom. The number of rotatable bonds is 3. The molecule has 0 fully saturated rings. The van der Waals surface area contributed by atoms with Gasteiger partial charge in [-0.2, -0.15) is 0 Å². The van der Waals surface area contributed by atoms with Gasteiger partial charge in [0.25, 0.3) is 5.91 Å². The van der Waals surface area contributed by atoms with Crippen molar-refractivity contribution in [2.45, 2.75) is 4.90 Å². The van der Waals surface area contributed by atoms with Gasteiger partial charge in [-0.3, -0.25) is 10.2 Å². The van der Waals surface area contributed by atoms with Crippen molar-refractivity contribution in [3.63, 3.8) is 0 Å². The molecule has 0 saturated heterocycles. The quantitative estimate of drug-likeness (QED) is 0.618. The first kappa shape index (κ1) is 16.5. The molecule has 2 aromatic carbocycles. The third-order valence-electron chi connectivity index (χ3n) is 2.77. The van der Waals surface area contributed by atoms with Crippen molar-refractivity contribution in [2.24, 2.45) is 5.14 Å². The minimum atomic E-state index is -3.79. The fraction of sp³-hybridized carbons (Fsp3) is 0. The van der Waals surface area contributed by atoms with Gasteiger partial charge in [-0.05, 0) is 36.4 Å². The molecule has 0 aromatic heterocycles. The zero-order valence-corrected chi connectivity index (χ0v) is 12.6. The highest BCUT2D eigenvalue weighted by molar-refractivity contribution is 7.89. The van der Waals surface area contributed by atoms with E-state index in [1.54, 1.807) is 30.3 Å². The van der Waals surface area contributed by atoms with E-state index >= 15 is 0 Å². The minimum absolute atomic E-state index is 0.0687. The second-order valence-corrected chi connectivity index (χ2v) is 6.03. The number of carbonyl (C=O) groups is 2. The Morgan fingerprint density at radius 3 is 2.04 bits per heavy atom. The molecule has 9 heteroatoms. The van der Waals surface area contributed by atoms with Crippen LogP contribution in [0.3, 0.4) is 0 Å². The lowest BCUT2D eigenvalue weighted by Gasteiger charge is -2.09. The van der Waals surface area contributed by atoms with Crippen LogP contribution < -0.4 is 21.3 Å². The molecule has 0 radical (unpaired) electrons. The molecule has 0 aliphatic heterocycles. The predicted molar refractivity (Wildman–Crippen MR) is 83.9 cm³/mol. The predicted octanol–water partition coefficient (Wildman–Crippen LogP) is 0.801. The van der Waals surface area contributed by atoms with Gasteiger partial charge in [-0.1, -0.05) is 18.2 Å². The Balaban J connectivity index is 1.89. The highest BCUT2D eigenvalue weighted by atomic mass is 32.2. The van der Waals surface area contributed by atoms with Gasteiger partial charge in [0, 0.05) is 11.3 Å². The molecule has 5 N–H and O–H groups in total. The number of hydrazine groups is 1. The zero-order chi connectivity index (χ0) is 16.9. The smallest absolute Gasteiger partial charge is 0.307 e. The summed E-state index contributed by atoms with van der Waals surface area (Å²) in [4.78, 5) is 23.3. The number of nitrogens with one attached hydrogen (secondary N) is 3. The molecule has 0 atom stereocenters. The van der Waals surface area contributed by atoms with E-state index in [9.17, 15) is 18.0 Å². The van der Waals surface area contributed by atoms with Crippen LogP contribution in [0.2, 0.25) is 0 Å². The number of nitrogens with two attached hydrogens (primary N) is 1. The minimum Gasteiger partial charge on any atom is -0.307 e. The summed E-state index contributed by atoms with van der Waals surface area (Å²) in [5, 5.41) is 7.40. The molecule has 0 unspecified atom stereocenters. The number of primary sulfonamides is 1. The van der Waals surface area contributed by atoms with Gasteiger partial charge in [0.05, 0.1) is 4.90 Å². The number of anilines is 1. The van der Waals surface area contributed by atoms with Crippen LogP contribution in [0, 0.1) is 0 Å². The van der Waals surface area contributed by atoms with E-state index in [1.807, 2.05) is 0 Å². The van der Waals surface area contributed by atoms with E-state index in [0.29, 0.717) is 11.3 Å². The summed E-state index contributed by atoms with van der Waals surface area (Å²) in [5.41, 5.74) is 5.15. The molecule has 3 amide bonds. The van der Waals surface area contributed by atoms with Crippen molar-refractivity contribution in [3.8, 4) is 0 Å². The number of sulfonamides is 1. The second-order valence-electron chi connectivity index (χ2n) is 4.47. The Kier molecular flexibility index (Phi) is 4.94. The third-order valence-corrected chi connectivity index (χ3v) is 3.70. The van der Waals surface area contributed by atoms with E-state index in [1.165, 1.54) is 24.3 Å². The number of hydrogen-bond donors (Lipinski definition) is 4. The van der Waals surface area contributed by atoms with Crippen LogP contribution in [0.1, 0.15) is 10.4 Å². The summed E-state index contributed by atoms with van der Waals surface area (Å²) >= 11 is 0. The molecule has 0 bridgehead atoms. The molecular weight excluding hydrogens is 320 g/mol. The van der Waals surface area contributed by atoms with Gasteiger partial charge in [-0.15, -0.1) is 0 Å². The van der Waals surface area contributed by atoms with Crippen LogP contribution in [0.25, 0.3) is 0 Å². The van der Waals surface area contributed by atoms with Gasteiger partial charge in [0.2, 0.25) is 10.0 Å². The van der Waals surface area contributed by atoms with Gasteiger partial charge in [-0.25, -0.2) is 23.8 Å². The molecule has 0 spiro atoms. The van der Waals surface area contributed by atoms with Crippen LogP contribution in [-0.4, -0.2) is 20.4 Å². The number of urea groups is 1. The summed E-state index contributed by atoms with van der Waals surface area (Å²) in [5.74, 6) is -0.467. The number of amides is 3. The Morgan fingerprint density at radius 1 is 0.870 bits per heavy atom. The van der Waals surface area contributed by atoms with Crippen molar-refractivity contribution >= 4 is 27.6 Å². The van der Waals surface area contributed by atoms with E-state index < -0.39 is 22.0 Å². The largest absolute Gasteiger partial charge is 0.337 e. The summed E-state index contributed by atoms with van der Waals surface area (Å²) in [6.45, 7) is 0. The normalized spacial score (nSPS) is 10.7. The molecule has 0 saturated carbocycles. The molecule has 23 heavy (non-hydrogen) atoms. The van der Waals surface area contributed by atoms with E-state index in [0.717, 1.165) is 0 Å². The Bertz CT molecular complexity index is 804. The maximum atomic E-state index is 11.7. The maximum Gasteiger partial charge on any atom is 0.337 e. The standard InChI is InChI=1S/C14H14N4O4S/c15-23(21,22)12-8-6-11(7-9-12)16-14(20)18-17-13(19)10-4-2-1-3-5-10/h1-9H,(H,17,19)(H2,15,21,22)(H2,16,18,20). The van der Waals surface area contributed by atoms with Crippen molar-refractivity contribution in [2.75, 3.05) is 5.32 Å². The molecule has 8 nitrogen and oxygen atoms in total. The lowest BCUT2D eigenvalue weighted by Crippen LogP contribution is -2.43. The molecule has 0 heterocycles. The van der Waals surface area contributed by atoms with Crippen molar-refractivity contribution in [1.82, 2.24) is 10.9 Å². The average Bonchev–Trinajstić information content (AvgIpc) is 2.53. The molecule has 120 valence electrons. The SMILES string of the molecule is NS(=O)(=O)c1ccc(NC(=O)NNC(=O)c2ccccc2)cc1. The molecular formula is C14H14N4O4S. The average molecular weight is 334 g/mol. The van der Waals surface area contributed by atoms with E-state index in [-0.39, 0.29) is 4.90 Å². The van der Waals surface area contributed by atoms with Crippen LogP contribution >= 0.6 is 0 Å². The topological polar surface area (TPSA) is 130 Å². The van der Waals surface area contributed by atoms with E-state index in [4.69, 9.17) is 5.14 Å². The van der Waals surface area contributed by atoms with Crippen LogP contribution in [0.15, 0.2) is 59.5 Å². The first-order valence-electron chi connectivity index (χ1n) is 6.41. The van der Waals surface area contributed by atoms with Gasteiger partial charge in [0.15, 0.2) is 0 Å².